The summed E-state index contributed by atoms with van der Waals surface area (Å²) in [6, 6.07) is 8.07. The number of alkyl halides is 6. The molecule has 3 heterocycles. The molecule has 4 rings (SSSR count). The Bertz CT molecular complexity index is 1150. The topological polar surface area (TPSA) is 84.6 Å². The molecule has 1 amide bonds. The van der Waals surface area contributed by atoms with Crippen molar-refractivity contribution in [2.45, 2.75) is 25.4 Å². The molecule has 1 aliphatic heterocycles. The summed E-state index contributed by atoms with van der Waals surface area (Å²) in [5.74, 6) is -2.49. The third kappa shape index (κ3) is 5.09. The van der Waals surface area contributed by atoms with Crippen LogP contribution in [0, 0.1) is 5.92 Å². The maximum Gasteiger partial charge on any atom is 0.573 e. The number of amides is 1. The molecular formula is C19H16F6N6O2. The first-order valence-corrected chi connectivity index (χ1v) is 9.71. The van der Waals surface area contributed by atoms with Crippen LogP contribution >= 0.6 is 0 Å². The van der Waals surface area contributed by atoms with Gasteiger partial charge in [-0.1, -0.05) is 12.1 Å². The van der Waals surface area contributed by atoms with E-state index < -0.39 is 35.9 Å². The zero-order valence-electron chi connectivity index (χ0n) is 16.7. The summed E-state index contributed by atoms with van der Waals surface area (Å²) >= 11 is 0. The lowest BCUT2D eigenvalue weighted by atomic mass is 9.95. The highest BCUT2D eigenvalue weighted by Gasteiger charge is 2.38. The van der Waals surface area contributed by atoms with Gasteiger partial charge in [-0.2, -0.15) is 17.7 Å². The summed E-state index contributed by atoms with van der Waals surface area (Å²) in [6.07, 6.45) is -8.98. The molecular weight excluding hydrogens is 458 g/mol. The Morgan fingerprint density at radius 2 is 1.70 bits per heavy atom. The minimum Gasteiger partial charge on any atom is -0.404 e. The smallest absolute Gasteiger partial charge is 0.404 e. The normalized spacial score (nSPS) is 15.6. The summed E-state index contributed by atoms with van der Waals surface area (Å²) in [5, 5.41) is 13.0. The number of aromatic nitrogens is 4. The number of ether oxygens (including phenoxy) is 1. The molecule has 0 bridgehead atoms. The molecule has 0 unspecified atom stereocenters. The number of benzene rings is 1. The van der Waals surface area contributed by atoms with Crippen LogP contribution in [0.4, 0.5) is 37.8 Å². The second kappa shape index (κ2) is 8.41. The molecule has 0 radical (unpaired) electrons. The number of fused-ring (bicyclic) bond motifs is 1. The van der Waals surface area contributed by atoms with Gasteiger partial charge in [-0.15, -0.1) is 28.5 Å². The lowest BCUT2D eigenvalue weighted by Gasteiger charge is -2.32. The van der Waals surface area contributed by atoms with E-state index >= 15 is 0 Å². The molecule has 1 aromatic carbocycles. The number of para-hydroxylation sites is 2. The van der Waals surface area contributed by atoms with E-state index in [1.54, 1.807) is 4.90 Å². The number of rotatable bonds is 4. The van der Waals surface area contributed by atoms with Crippen LogP contribution in [0.3, 0.4) is 0 Å². The fourth-order valence-corrected chi connectivity index (χ4v) is 3.51. The fraction of sp³-hybridized carbons (Fsp3) is 0.368. The van der Waals surface area contributed by atoms with Crippen LogP contribution in [0.25, 0.3) is 5.65 Å². The number of halogens is 6. The van der Waals surface area contributed by atoms with Crippen LogP contribution in [-0.4, -0.2) is 45.2 Å². The van der Waals surface area contributed by atoms with E-state index in [9.17, 15) is 31.1 Å². The van der Waals surface area contributed by atoms with E-state index in [2.05, 4.69) is 25.3 Å². The second-order valence-corrected chi connectivity index (χ2v) is 7.28. The first kappa shape index (κ1) is 22.6. The van der Waals surface area contributed by atoms with E-state index in [1.807, 2.05) is 0 Å². The maximum absolute atomic E-state index is 13.1. The van der Waals surface area contributed by atoms with E-state index in [1.165, 1.54) is 30.3 Å². The predicted octanol–water partition coefficient (Wildman–Crippen LogP) is 3.90. The van der Waals surface area contributed by atoms with Crippen LogP contribution in [-0.2, 0) is 11.0 Å². The minimum absolute atomic E-state index is 0.0555. The summed E-state index contributed by atoms with van der Waals surface area (Å²) in [4.78, 5) is 14.3. The number of anilines is 2. The van der Waals surface area contributed by atoms with Crippen LogP contribution in [0.15, 0.2) is 36.4 Å². The summed E-state index contributed by atoms with van der Waals surface area (Å²) in [6.45, 7) is 0.613. The summed E-state index contributed by atoms with van der Waals surface area (Å²) < 4.78 is 81.5. The van der Waals surface area contributed by atoms with Gasteiger partial charge in [0.05, 0.1) is 5.69 Å². The lowest BCUT2D eigenvalue weighted by molar-refractivity contribution is -0.274. The van der Waals surface area contributed by atoms with Gasteiger partial charge < -0.3 is 15.0 Å². The molecule has 176 valence electrons. The third-order valence-corrected chi connectivity index (χ3v) is 5.06. The van der Waals surface area contributed by atoms with Gasteiger partial charge in [0.1, 0.15) is 5.82 Å². The minimum atomic E-state index is -4.91. The highest BCUT2D eigenvalue weighted by atomic mass is 19.4. The molecule has 1 N–H and O–H groups in total. The average molecular weight is 474 g/mol. The van der Waals surface area contributed by atoms with E-state index in [-0.39, 0.29) is 17.2 Å². The van der Waals surface area contributed by atoms with Gasteiger partial charge in [0.2, 0.25) is 5.91 Å². The molecule has 8 nitrogen and oxygen atoms in total. The lowest BCUT2D eigenvalue weighted by Crippen LogP contribution is -2.39. The molecule has 1 saturated heterocycles. The van der Waals surface area contributed by atoms with Crippen molar-refractivity contribution in [2.75, 3.05) is 23.3 Å². The van der Waals surface area contributed by atoms with Gasteiger partial charge in [0.15, 0.2) is 11.4 Å². The van der Waals surface area contributed by atoms with Crippen molar-refractivity contribution in [2.24, 2.45) is 5.92 Å². The number of carbonyl (C=O) groups excluding carboxylic acids is 1. The molecule has 0 atom stereocenters. The van der Waals surface area contributed by atoms with Crippen molar-refractivity contribution in [3.05, 3.63) is 42.2 Å². The summed E-state index contributed by atoms with van der Waals surface area (Å²) in [7, 11) is 0. The van der Waals surface area contributed by atoms with Crippen molar-refractivity contribution in [3.8, 4) is 5.75 Å². The molecule has 0 spiro atoms. The summed E-state index contributed by atoms with van der Waals surface area (Å²) in [5.41, 5.74) is -0.165. The highest BCUT2D eigenvalue weighted by Crippen LogP contribution is 2.32. The molecule has 33 heavy (non-hydrogen) atoms. The number of hydrogen-bond acceptors (Lipinski definition) is 6. The Labute approximate surface area is 182 Å². The molecule has 1 aliphatic rings. The Hall–Kier alpha value is -3.58. The SMILES string of the molecule is O=C(Nc1ccccc1OC(F)(F)F)C1CCN(c2ccc3nnc(C(F)(F)F)n3n2)CC1. The maximum atomic E-state index is 13.1. The van der Waals surface area contributed by atoms with Crippen LogP contribution < -0.4 is 15.0 Å². The zero-order valence-corrected chi connectivity index (χ0v) is 16.7. The Morgan fingerprint density at radius 1 is 1.00 bits per heavy atom. The van der Waals surface area contributed by atoms with Crippen LogP contribution in [0.2, 0.25) is 0 Å². The van der Waals surface area contributed by atoms with Crippen molar-refractivity contribution < 1.29 is 35.9 Å². The average Bonchev–Trinajstić information content (AvgIpc) is 3.18. The van der Waals surface area contributed by atoms with Gasteiger partial charge in [-0.3, -0.25) is 4.79 Å². The number of carbonyl (C=O) groups is 1. The molecule has 2 aromatic heterocycles. The number of piperidine rings is 1. The Kier molecular flexibility index (Phi) is 5.76. The predicted molar refractivity (Wildman–Crippen MR) is 102 cm³/mol. The van der Waals surface area contributed by atoms with E-state index in [4.69, 9.17) is 0 Å². The van der Waals surface area contributed by atoms with Crippen molar-refractivity contribution >= 4 is 23.1 Å². The largest absolute Gasteiger partial charge is 0.573 e. The van der Waals surface area contributed by atoms with Crippen LogP contribution in [0.1, 0.15) is 18.7 Å². The van der Waals surface area contributed by atoms with Crippen molar-refractivity contribution in [1.29, 1.82) is 0 Å². The molecule has 1 fully saturated rings. The first-order chi connectivity index (χ1) is 15.5. The van der Waals surface area contributed by atoms with Gasteiger partial charge in [-0.25, -0.2) is 0 Å². The van der Waals surface area contributed by atoms with Crippen molar-refractivity contribution in [1.82, 2.24) is 19.8 Å². The fourth-order valence-electron chi connectivity index (χ4n) is 3.51. The van der Waals surface area contributed by atoms with E-state index in [0.29, 0.717) is 30.4 Å². The number of nitrogens with one attached hydrogen (secondary N) is 1. The zero-order chi connectivity index (χ0) is 23.8. The van der Waals surface area contributed by atoms with E-state index in [0.717, 1.165) is 6.07 Å². The van der Waals surface area contributed by atoms with Gasteiger partial charge in [-0.05, 0) is 37.1 Å². The first-order valence-electron chi connectivity index (χ1n) is 9.71. The van der Waals surface area contributed by atoms with Gasteiger partial charge in [0, 0.05) is 19.0 Å². The molecule has 3 aromatic rings. The van der Waals surface area contributed by atoms with Crippen molar-refractivity contribution in [3.63, 3.8) is 0 Å². The Balaban J connectivity index is 1.42. The molecule has 0 aliphatic carbocycles. The van der Waals surface area contributed by atoms with Crippen LogP contribution in [0.5, 0.6) is 5.75 Å². The second-order valence-electron chi connectivity index (χ2n) is 7.28. The van der Waals surface area contributed by atoms with Gasteiger partial charge in [0.25, 0.3) is 5.82 Å². The highest BCUT2D eigenvalue weighted by molar-refractivity contribution is 5.94. The Morgan fingerprint density at radius 3 is 2.36 bits per heavy atom. The molecule has 0 saturated carbocycles. The number of nitrogens with zero attached hydrogens (tertiary/aromatic N) is 5. The number of hydrogen-bond donors (Lipinski definition) is 1. The van der Waals surface area contributed by atoms with Gasteiger partial charge >= 0.3 is 12.5 Å². The third-order valence-electron chi connectivity index (χ3n) is 5.06. The standard InChI is InChI=1S/C19H16F6N6O2/c20-18(21,22)17-28-27-14-5-6-15(29-31(14)17)30-9-7-11(8-10-30)16(32)26-12-3-1-2-4-13(12)33-19(23,24)25/h1-6,11H,7-10H2,(H,26,32). The monoisotopic (exact) mass is 474 g/mol. The quantitative estimate of drug-likeness (QED) is 0.578. The molecule has 14 heteroatoms.